The van der Waals surface area contributed by atoms with Gasteiger partial charge in [-0.1, -0.05) is 90.5 Å². The molecule has 0 saturated heterocycles. The monoisotopic (exact) mass is 633 g/mol. The summed E-state index contributed by atoms with van der Waals surface area (Å²) in [5.74, 6) is -0.00412. The van der Waals surface area contributed by atoms with Gasteiger partial charge in [0.1, 0.15) is 6.61 Å². The minimum absolute atomic E-state index is 0.00728. The van der Waals surface area contributed by atoms with Gasteiger partial charge in [0.2, 0.25) is 0 Å². The van der Waals surface area contributed by atoms with Gasteiger partial charge in [0.15, 0.2) is 17.3 Å². The number of Topliss-reactive ketones (excluding diaryl/α,β-unsaturated/α-hetero) is 1. The number of esters is 1. The van der Waals surface area contributed by atoms with Crippen LogP contribution in [0, 0.1) is 0 Å². The summed E-state index contributed by atoms with van der Waals surface area (Å²) < 4.78 is 17.7. The highest BCUT2D eigenvalue weighted by Crippen LogP contribution is 2.47. The first-order chi connectivity index (χ1) is 22.4. The molecule has 0 unspecified atom stereocenters. The van der Waals surface area contributed by atoms with Crippen LogP contribution < -0.4 is 14.8 Å². The minimum Gasteiger partial charge on any atom is -0.493 e. The Bertz CT molecular complexity index is 1780. The summed E-state index contributed by atoms with van der Waals surface area (Å²) in [4.78, 5) is 27.9. The molecule has 1 N–H and O–H groups in total. The summed E-state index contributed by atoms with van der Waals surface area (Å²) in [7, 11) is 1.59. The van der Waals surface area contributed by atoms with Crippen LogP contribution in [0.5, 0.6) is 11.5 Å². The highest BCUT2D eigenvalue weighted by molar-refractivity contribution is 6.30. The van der Waals surface area contributed by atoms with Crippen LogP contribution in [0.3, 0.4) is 0 Å². The molecule has 0 bridgehead atoms. The molecule has 1 aliphatic heterocycles. The lowest BCUT2D eigenvalue weighted by Gasteiger charge is -2.37. The van der Waals surface area contributed by atoms with E-state index in [4.69, 9.17) is 25.8 Å². The van der Waals surface area contributed by atoms with Crippen LogP contribution in [0.1, 0.15) is 53.9 Å². The Morgan fingerprint density at radius 2 is 1.52 bits per heavy atom. The number of hydrogen-bond acceptors (Lipinski definition) is 6. The first kappa shape index (κ1) is 31.2. The van der Waals surface area contributed by atoms with Crippen molar-refractivity contribution in [2.45, 2.75) is 44.6 Å². The smallest absolute Gasteiger partial charge is 0.336 e. The zero-order chi connectivity index (χ0) is 32.0. The second-order valence-corrected chi connectivity index (χ2v) is 12.1. The molecule has 0 saturated carbocycles. The van der Waals surface area contributed by atoms with Crippen LogP contribution in [0.15, 0.2) is 126 Å². The SMILES string of the molecule is COc1cc([C@H]2C(C(=O)OCCc3ccccc3)=C(C)NC3=C2C(=O)C[C@H](c2ccc(Cl)cc2)C3)ccc1OCc1ccccc1. The zero-order valence-electron chi connectivity index (χ0n) is 25.9. The Morgan fingerprint density at radius 3 is 2.22 bits per heavy atom. The third-order valence-corrected chi connectivity index (χ3v) is 8.87. The molecule has 4 aromatic rings. The van der Waals surface area contributed by atoms with Crippen molar-refractivity contribution in [3.63, 3.8) is 0 Å². The standard InChI is InChI=1S/C39H36ClNO5/c1-25-36(39(43)45-20-19-26-9-5-3-6-10-26)37(29-15-18-34(35(23-29)44-2)46-24-27-11-7-4-8-12-27)38-32(41-25)21-30(22-33(38)42)28-13-16-31(40)17-14-28/h3-18,23,30,37,41H,19-22,24H2,1-2H3/t30-,37+/m1/s1. The average Bonchev–Trinajstić information content (AvgIpc) is 3.07. The van der Waals surface area contributed by atoms with E-state index < -0.39 is 11.9 Å². The van der Waals surface area contributed by atoms with Crippen LogP contribution >= 0.6 is 11.6 Å². The molecule has 1 heterocycles. The molecule has 0 fully saturated rings. The first-order valence-electron chi connectivity index (χ1n) is 15.5. The lowest BCUT2D eigenvalue weighted by molar-refractivity contribution is -0.139. The minimum atomic E-state index is -0.629. The Labute approximate surface area is 274 Å². The molecule has 0 radical (unpaired) electrons. The molecule has 234 valence electrons. The van der Waals surface area contributed by atoms with E-state index in [1.165, 1.54) is 0 Å². The van der Waals surface area contributed by atoms with Crippen molar-refractivity contribution in [3.05, 3.63) is 153 Å². The normalized spacial score (nSPS) is 17.7. The van der Waals surface area contributed by atoms with E-state index in [2.05, 4.69) is 5.32 Å². The van der Waals surface area contributed by atoms with Crippen molar-refractivity contribution in [2.24, 2.45) is 0 Å². The number of benzene rings is 4. The van der Waals surface area contributed by atoms with E-state index in [0.717, 1.165) is 28.0 Å². The van der Waals surface area contributed by atoms with Gasteiger partial charge in [-0.05, 0) is 65.8 Å². The molecule has 7 heteroatoms. The van der Waals surface area contributed by atoms with Crippen LogP contribution in [0.25, 0.3) is 0 Å². The van der Waals surface area contributed by atoms with Gasteiger partial charge in [0.25, 0.3) is 0 Å². The molecule has 46 heavy (non-hydrogen) atoms. The Balaban J connectivity index is 1.33. The molecular formula is C39H36ClNO5. The lowest BCUT2D eigenvalue weighted by Crippen LogP contribution is -2.36. The maximum absolute atomic E-state index is 14.1. The number of ketones is 1. The quantitative estimate of drug-likeness (QED) is 0.178. The van der Waals surface area contributed by atoms with E-state index in [1.807, 2.05) is 110 Å². The van der Waals surface area contributed by atoms with Crippen molar-refractivity contribution < 1.29 is 23.8 Å². The number of nitrogens with one attached hydrogen (secondary N) is 1. The summed E-state index contributed by atoms with van der Waals surface area (Å²) in [6.07, 6.45) is 1.54. The molecule has 0 spiro atoms. The Morgan fingerprint density at radius 1 is 0.848 bits per heavy atom. The second-order valence-electron chi connectivity index (χ2n) is 11.6. The van der Waals surface area contributed by atoms with Gasteiger partial charge in [-0.15, -0.1) is 0 Å². The van der Waals surface area contributed by atoms with Crippen molar-refractivity contribution in [1.29, 1.82) is 0 Å². The molecule has 4 aromatic carbocycles. The number of halogens is 1. The number of methoxy groups -OCH3 is 1. The number of ether oxygens (including phenoxy) is 3. The van der Waals surface area contributed by atoms with Gasteiger partial charge < -0.3 is 19.5 Å². The van der Waals surface area contributed by atoms with E-state index >= 15 is 0 Å². The summed E-state index contributed by atoms with van der Waals surface area (Å²) in [6, 6.07) is 33.1. The lowest BCUT2D eigenvalue weighted by atomic mass is 9.71. The second kappa shape index (κ2) is 14.1. The Kier molecular flexibility index (Phi) is 9.55. The molecular weight excluding hydrogens is 598 g/mol. The van der Waals surface area contributed by atoms with E-state index in [9.17, 15) is 9.59 Å². The molecule has 6 rings (SSSR count). The number of rotatable bonds is 10. The van der Waals surface area contributed by atoms with Crippen molar-refractivity contribution in [2.75, 3.05) is 13.7 Å². The highest BCUT2D eigenvalue weighted by atomic mass is 35.5. The number of hydrogen-bond donors (Lipinski definition) is 1. The number of allylic oxidation sites excluding steroid dienone is 3. The average molecular weight is 634 g/mol. The third kappa shape index (κ3) is 6.87. The predicted molar refractivity (Wildman–Crippen MR) is 179 cm³/mol. The van der Waals surface area contributed by atoms with Crippen molar-refractivity contribution in [1.82, 2.24) is 5.32 Å². The van der Waals surface area contributed by atoms with Crippen molar-refractivity contribution in [3.8, 4) is 11.5 Å². The fourth-order valence-electron chi connectivity index (χ4n) is 6.32. The molecule has 0 aromatic heterocycles. The van der Waals surface area contributed by atoms with Gasteiger partial charge in [-0.3, -0.25) is 4.79 Å². The van der Waals surface area contributed by atoms with Crippen molar-refractivity contribution >= 4 is 23.4 Å². The van der Waals surface area contributed by atoms with E-state index in [-0.39, 0.29) is 18.3 Å². The highest BCUT2D eigenvalue weighted by Gasteiger charge is 2.41. The van der Waals surface area contributed by atoms with Gasteiger partial charge >= 0.3 is 5.97 Å². The van der Waals surface area contributed by atoms with Gasteiger partial charge in [0, 0.05) is 40.7 Å². The third-order valence-electron chi connectivity index (χ3n) is 8.61. The van der Waals surface area contributed by atoms with E-state index in [0.29, 0.717) is 59.2 Å². The molecule has 0 amide bonds. The van der Waals surface area contributed by atoms with Gasteiger partial charge in [-0.2, -0.15) is 0 Å². The summed E-state index contributed by atoms with van der Waals surface area (Å²) in [5.41, 5.74) is 6.42. The molecule has 1 aliphatic carbocycles. The molecule has 2 atom stereocenters. The van der Waals surface area contributed by atoms with Crippen LogP contribution in [-0.2, 0) is 27.4 Å². The Hall–Kier alpha value is -4.81. The largest absolute Gasteiger partial charge is 0.493 e. The van der Waals surface area contributed by atoms with Gasteiger partial charge in [-0.25, -0.2) is 4.79 Å². The first-order valence-corrected chi connectivity index (χ1v) is 15.8. The fourth-order valence-corrected chi connectivity index (χ4v) is 6.44. The topological polar surface area (TPSA) is 73.9 Å². The van der Waals surface area contributed by atoms with Crippen LogP contribution in [-0.4, -0.2) is 25.5 Å². The number of carbonyl (C=O) groups excluding carboxylic acids is 2. The zero-order valence-corrected chi connectivity index (χ0v) is 26.7. The molecule has 6 nitrogen and oxygen atoms in total. The summed E-state index contributed by atoms with van der Waals surface area (Å²) in [5, 5.41) is 4.09. The fraction of sp³-hybridized carbons (Fsp3) is 0.231. The van der Waals surface area contributed by atoms with E-state index in [1.54, 1.807) is 7.11 Å². The maximum atomic E-state index is 14.1. The van der Waals surface area contributed by atoms with Crippen LogP contribution in [0.4, 0.5) is 0 Å². The number of carbonyl (C=O) groups is 2. The maximum Gasteiger partial charge on any atom is 0.336 e. The van der Waals surface area contributed by atoms with Gasteiger partial charge in [0.05, 0.1) is 19.3 Å². The predicted octanol–water partition coefficient (Wildman–Crippen LogP) is 8.08. The summed E-state index contributed by atoms with van der Waals surface area (Å²) in [6.45, 7) is 2.47. The van der Waals surface area contributed by atoms with Crippen LogP contribution in [0.2, 0.25) is 5.02 Å². The number of dihydropyridines is 1. The molecule has 2 aliphatic rings. The summed E-state index contributed by atoms with van der Waals surface area (Å²) >= 11 is 6.14.